The van der Waals surface area contributed by atoms with E-state index in [2.05, 4.69) is 10.3 Å². The van der Waals surface area contributed by atoms with Gasteiger partial charge in [0.25, 0.3) is 5.56 Å². The Kier molecular flexibility index (Phi) is 5.50. The fraction of sp³-hybridized carbons (Fsp3) is 0.471. The number of ether oxygens (including phenoxy) is 1. The van der Waals surface area contributed by atoms with Gasteiger partial charge in [-0.15, -0.1) is 0 Å². The summed E-state index contributed by atoms with van der Waals surface area (Å²) < 4.78 is 6.67. The second kappa shape index (κ2) is 7.37. The van der Waals surface area contributed by atoms with Crippen molar-refractivity contribution in [3.8, 4) is 0 Å². The van der Waals surface area contributed by atoms with Crippen LogP contribution >= 0.6 is 0 Å². The smallest absolute Gasteiger partial charge is 0.261 e. The van der Waals surface area contributed by atoms with Gasteiger partial charge in [0, 0.05) is 13.0 Å². The Morgan fingerprint density at radius 2 is 2.00 bits per heavy atom. The summed E-state index contributed by atoms with van der Waals surface area (Å²) in [5.74, 6) is 0.343. The highest BCUT2D eigenvalue weighted by atomic mass is 16.5. The van der Waals surface area contributed by atoms with E-state index in [4.69, 9.17) is 4.74 Å². The highest BCUT2D eigenvalue weighted by Crippen LogP contribution is 2.14. The highest BCUT2D eigenvalue weighted by Gasteiger charge is 2.19. The minimum Gasteiger partial charge on any atom is -0.383 e. The predicted octanol–water partition coefficient (Wildman–Crippen LogP) is 1.88. The average Bonchev–Trinajstić information content (AvgIpc) is 2.53. The molecule has 6 heteroatoms. The Morgan fingerprint density at radius 1 is 1.30 bits per heavy atom. The van der Waals surface area contributed by atoms with Gasteiger partial charge in [-0.05, 0) is 19.1 Å². The van der Waals surface area contributed by atoms with Crippen molar-refractivity contribution in [1.29, 1.82) is 0 Å². The summed E-state index contributed by atoms with van der Waals surface area (Å²) >= 11 is 0. The molecule has 0 aliphatic carbocycles. The zero-order valence-electron chi connectivity index (χ0n) is 14.0. The van der Waals surface area contributed by atoms with Crippen LogP contribution in [0.1, 0.15) is 32.6 Å². The zero-order chi connectivity index (χ0) is 17.0. The normalized spacial score (nSPS) is 12.6. The molecule has 6 nitrogen and oxygen atoms in total. The molecule has 1 aromatic heterocycles. The second-order valence-corrected chi connectivity index (χ2v) is 5.82. The van der Waals surface area contributed by atoms with Gasteiger partial charge in [0.2, 0.25) is 5.91 Å². The van der Waals surface area contributed by atoms with Crippen molar-refractivity contribution in [2.24, 2.45) is 5.92 Å². The van der Waals surface area contributed by atoms with Crippen molar-refractivity contribution in [3.63, 3.8) is 0 Å². The number of carbonyl (C=O) groups is 1. The van der Waals surface area contributed by atoms with Gasteiger partial charge in [0.05, 0.1) is 30.1 Å². The van der Waals surface area contributed by atoms with Crippen molar-refractivity contribution in [2.45, 2.75) is 33.4 Å². The van der Waals surface area contributed by atoms with Crippen LogP contribution in [0.25, 0.3) is 10.9 Å². The van der Waals surface area contributed by atoms with E-state index in [0.29, 0.717) is 29.9 Å². The second-order valence-electron chi connectivity index (χ2n) is 5.82. The van der Waals surface area contributed by atoms with Crippen molar-refractivity contribution >= 4 is 16.8 Å². The molecule has 2 aromatic rings. The molecule has 0 spiro atoms. The molecule has 0 radical (unpaired) electrons. The number of nitrogens with zero attached hydrogens (tertiary/aromatic N) is 2. The number of hydrogen-bond donors (Lipinski definition) is 1. The fourth-order valence-corrected chi connectivity index (χ4v) is 2.36. The van der Waals surface area contributed by atoms with E-state index in [1.165, 1.54) is 0 Å². The maximum absolute atomic E-state index is 12.7. The molecule has 0 bridgehead atoms. The van der Waals surface area contributed by atoms with Crippen molar-refractivity contribution in [3.05, 3.63) is 40.4 Å². The van der Waals surface area contributed by atoms with E-state index in [0.717, 1.165) is 0 Å². The molecular weight excluding hydrogens is 294 g/mol. The quantitative estimate of drug-likeness (QED) is 0.883. The van der Waals surface area contributed by atoms with Crippen LogP contribution in [0.2, 0.25) is 0 Å². The SMILES string of the molecule is COCCn1c(C(C)NC(=O)C(C)C)nc2ccccc2c1=O. The van der Waals surface area contributed by atoms with Gasteiger partial charge in [-0.25, -0.2) is 4.98 Å². The number of benzene rings is 1. The molecule has 0 saturated carbocycles. The molecule has 0 aliphatic rings. The van der Waals surface area contributed by atoms with E-state index < -0.39 is 0 Å². The van der Waals surface area contributed by atoms with Crippen molar-refractivity contribution in [1.82, 2.24) is 14.9 Å². The van der Waals surface area contributed by atoms with Gasteiger partial charge in [-0.3, -0.25) is 14.2 Å². The van der Waals surface area contributed by atoms with Crippen LogP contribution in [0.3, 0.4) is 0 Å². The molecule has 1 aromatic carbocycles. The average molecular weight is 317 g/mol. The summed E-state index contributed by atoms with van der Waals surface area (Å²) in [7, 11) is 1.59. The molecule has 0 fully saturated rings. The Bertz CT molecular complexity index is 752. The number of amides is 1. The number of carbonyl (C=O) groups excluding carboxylic acids is 1. The number of aromatic nitrogens is 2. The molecule has 1 unspecified atom stereocenters. The van der Waals surface area contributed by atoms with Crippen LogP contribution in [0.5, 0.6) is 0 Å². The third kappa shape index (κ3) is 3.76. The molecule has 2 rings (SSSR count). The molecule has 1 atom stereocenters. The maximum Gasteiger partial charge on any atom is 0.261 e. The lowest BCUT2D eigenvalue weighted by Gasteiger charge is -2.20. The molecule has 124 valence electrons. The van der Waals surface area contributed by atoms with Crippen LogP contribution in [-0.2, 0) is 16.1 Å². The first-order valence-corrected chi connectivity index (χ1v) is 7.74. The lowest BCUT2D eigenvalue weighted by Crippen LogP contribution is -2.36. The Morgan fingerprint density at radius 3 is 2.65 bits per heavy atom. The lowest BCUT2D eigenvalue weighted by atomic mass is 10.1. The monoisotopic (exact) mass is 317 g/mol. The van der Waals surface area contributed by atoms with Gasteiger partial charge in [-0.1, -0.05) is 26.0 Å². The van der Waals surface area contributed by atoms with Gasteiger partial charge < -0.3 is 10.1 Å². The van der Waals surface area contributed by atoms with Crippen LogP contribution in [-0.4, -0.2) is 29.2 Å². The van der Waals surface area contributed by atoms with Crippen LogP contribution < -0.4 is 10.9 Å². The summed E-state index contributed by atoms with van der Waals surface area (Å²) in [5, 5.41) is 3.47. The van der Waals surface area contributed by atoms with Gasteiger partial charge >= 0.3 is 0 Å². The molecule has 1 N–H and O–H groups in total. The van der Waals surface area contributed by atoms with Gasteiger partial charge in [0.15, 0.2) is 0 Å². The molecule has 1 amide bonds. The summed E-state index contributed by atoms with van der Waals surface area (Å²) in [5.41, 5.74) is 0.514. The van der Waals surface area contributed by atoms with Gasteiger partial charge in [0.1, 0.15) is 5.82 Å². The maximum atomic E-state index is 12.7. The highest BCUT2D eigenvalue weighted by molar-refractivity contribution is 5.79. The van der Waals surface area contributed by atoms with E-state index in [1.54, 1.807) is 23.8 Å². The first-order chi connectivity index (χ1) is 11.0. The first kappa shape index (κ1) is 17.1. The topological polar surface area (TPSA) is 73.2 Å². The molecule has 0 aliphatic heterocycles. The summed E-state index contributed by atoms with van der Waals surface area (Å²) in [4.78, 5) is 29.3. The van der Waals surface area contributed by atoms with Gasteiger partial charge in [-0.2, -0.15) is 0 Å². The van der Waals surface area contributed by atoms with Crippen molar-refractivity contribution in [2.75, 3.05) is 13.7 Å². The number of methoxy groups -OCH3 is 1. The number of fused-ring (bicyclic) bond motifs is 1. The van der Waals surface area contributed by atoms with Crippen LogP contribution in [0.4, 0.5) is 0 Å². The third-order valence-corrected chi connectivity index (χ3v) is 3.68. The largest absolute Gasteiger partial charge is 0.383 e. The Labute approximate surface area is 135 Å². The zero-order valence-corrected chi connectivity index (χ0v) is 14.0. The van der Waals surface area contributed by atoms with E-state index in [1.807, 2.05) is 32.9 Å². The molecule has 1 heterocycles. The van der Waals surface area contributed by atoms with E-state index in [9.17, 15) is 9.59 Å². The minimum absolute atomic E-state index is 0.0711. The van der Waals surface area contributed by atoms with E-state index in [-0.39, 0.29) is 23.4 Å². The molecular formula is C17H23N3O3. The number of nitrogens with one attached hydrogen (secondary N) is 1. The molecule has 0 saturated heterocycles. The van der Waals surface area contributed by atoms with E-state index >= 15 is 0 Å². The number of para-hydroxylation sites is 1. The summed E-state index contributed by atoms with van der Waals surface area (Å²) in [6, 6.07) is 6.86. The fourth-order valence-electron chi connectivity index (χ4n) is 2.36. The summed E-state index contributed by atoms with van der Waals surface area (Å²) in [6.45, 7) is 6.28. The lowest BCUT2D eigenvalue weighted by molar-refractivity contribution is -0.124. The predicted molar refractivity (Wildman–Crippen MR) is 89.3 cm³/mol. The molecule has 23 heavy (non-hydrogen) atoms. The summed E-state index contributed by atoms with van der Waals surface area (Å²) in [6.07, 6.45) is 0. The number of rotatable bonds is 6. The Hall–Kier alpha value is -2.21. The first-order valence-electron chi connectivity index (χ1n) is 7.74. The number of hydrogen-bond acceptors (Lipinski definition) is 4. The third-order valence-electron chi connectivity index (χ3n) is 3.68. The van der Waals surface area contributed by atoms with Crippen molar-refractivity contribution < 1.29 is 9.53 Å². The standard InChI is InChI=1S/C17H23N3O3/c1-11(2)16(21)18-12(3)15-19-14-8-6-5-7-13(14)17(22)20(15)9-10-23-4/h5-8,11-12H,9-10H2,1-4H3,(H,18,21). The Balaban J connectivity index is 2.51. The van der Waals surface area contributed by atoms with Crippen LogP contribution in [0, 0.1) is 5.92 Å². The minimum atomic E-state index is -0.362. The van der Waals surface area contributed by atoms with Crippen LogP contribution in [0.15, 0.2) is 29.1 Å².